The molecule has 108 valence electrons. The molecular formula is C15H16N4O2. The maximum absolute atomic E-state index is 11.9. The minimum Gasteiger partial charge on any atom is -0.461 e. The van der Waals surface area contributed by atoms with Gasteiger partial charge in [-0.2, -0.15) is 0 Å². The average Bonchev–Trinajstić information content (AvgIpc) is 2.95. The van der Waals surface area contributed by atoms with Crippen molar-refractivity contribution in [2.45, 2.75) is 13.8 Å². The lowest BCUT2D eigenvalue weighted by atomic mass is 10.1. The van der Waals surface area contributed by atoms with Crippen molar-refractivity contribution in [2.75, 3.05) is 18.5 Å². The van der Waals surface area contributed by atoms with Gasteiger partial charge in [-0.15, -0.1) is 0 Å². The second kappa shape index (κ2) is 5.40. The summed E-state index contributed by atoms with van der Waals surface area (Å²) in [6.07, 6.45) is 5.53. The molecule has 0 aliphatic carbocycles. The van der Waals surface area contributed by atoms with Crippen molar-refractivity contribution in [3.63, 3.8) is 0 Å². The van der Waals surface area contributed by atoms with E-state index in [4.69, 9.17) is 4.74 Å². The van der Waals surface area contributed by atoms with Crippen LogP contribution in [0, 0.1) is 0 Å². The molecule has 0 spiro atoms. The highest BCUT2D eigenvalue weighted by atomic mass is 16.5. The molecule has 6 heteroatoms. The SMILES string of the molecule is CCNc1nc(C(=O)OCC)cc2ccn3ccnc3c12. The van der Waals surface area contributed by atoms with Crippen LogP contribution in [0.25, 0.3) is 16.4 Å². The van der Waals surface area contributed by atoms with Gasteiger partial charge in [-0.05, 0) is 31.4 Å². The third-order valence-electron chi connectivity index (χ3n) is 3.19. The molecule has 0 aromatic carbocycles. The normalized spacial score (nSPS) is 11.0. The van der Waals surface area contributed by atoms with Crippen molar-refractivity contribution in [3.05, 3.63) is 36.4 Å². The standard InChI is InChI=1S/C15H16N4O2/c1-3-16-13-12-10(5-7-19-8-6-17-14(12)19)9-11(18-13)15(20)21-4-2/h5-9H,3-4H2,1-2H3,(H,16,18). The maximum atomic E-state index is 11.9. The summed E-state index contributed by atoms with van der Waals surface area (Å²) in [5.41, 5.74) is 1.11. The van der Waals surface area contributed by atoms with Gasteiger partial charge in [-0.1, -0.05) is 0 Å². The Balaban J connectivity index is 2.27. The largest absolute Gasteiger partial charge is 0.461 e. The Morgan fingerprint density at radius 1 is 1.38 bits per heavy atom. The zero-order valence-electron chi connectivity index (χ0n) is 12.0. The van der Waals surface area contributed by atoms with E-state index in [-0.39, 0.29) is 0 Å². The number of hydrogen-bond acceptors (Lipinski definition) is 5. The number of carbonyl (C=O) groups excluding carboxylic acids is 1. The lowest BCUT2D eigenvalue weighted by Crippen LogP contribution is -2.10. The summed E-state index contributed by atoms with van der Waals surface area (Å²) in [5, 5.41) is 5.00. The molecule has 6 nitrogen and oxygen atoms in total. The predicted molar refractivity (Wildman–Crippen MR) is 80.6 cm³/mol. The smallest absolute Gasteiger partial charge is 0.357 e. The van der Waals surface area contributed by atoms with Gasteiger partial charge >= 0.3 is 5.97 Å². The molecule has 0 aliphatic rings. The quantitative estimate of drug-likeness (QED) is 0.745. The third-order valence-corrected chi connectivity index (χ3v) is 3.19. The second-order valence-electron chi connectivity index (χ2n) is 4.54. The predicted octanol–water partition coefficient (Wildman–Crippen LogP) is 2.49. The second-order valence-corrected chi connectivity index (χ2v) is 4.54. The molecule has 3 rings (SSSR count). The number of fused-ring (bicyclic) bond motifs is 3. The first-order valence-corrected chi connectivity index (χ1v) is 6.92. The fourth-order valence-corrected chi connectivity index (χ4v) is 2.32. The highest BCUT2D eigenvalue weighted by Crippen LogP contribution is 2.26. The third kappa shape index (κ3) is 2.29. The van der Waals surface area contributed by atoms with Crippen LogP contribution >= 0.6 is 0 Å². The summed E-state index contributed by atoms with van der Waals surface area (Å²) < 4.78 is 6.96. The van der Waals surface area contributed by atoms with E-state index in [1.807, 2.05) is 29.8 Å². The monoisotopic (exact) mass is 284 g/mol. The Labute approximate surface area is 121 Å². The number of hydrogen-bond donors (Lipinski definition) is 1. The fraction of sp³-hybridized carbons (Fsp3) is 0.267. The van der Waals surface area contributed by atoms with Crippen molar-refractivity contribution < 1.29 is 9.53 Å². The van der Waals surface area contributed by atoms with Crippen molar-refractivity contribution in [1.29, 1.82) is 0 Å². The van der Waals surface area contributed by atoms with Crippen molar-refractivity contribution in [3.8, 4) is 0 Å². The molecule has 0 bridgehead atoms. The number of anilines is 1. The first-order chi connectivity index (χ1) is 10.2. The topological polar surface area (TPSA) is 68.5 Å². The number of carbonyl (C=O) groups is 1. The molecule has 3 aromatic heterocycles. The Morgan fingerprint density at radius 2 is 2.24 bits per heavy atom. The van der Waals surface area contributed by atoms with Gasteiger partial charge in [0.2, 0.25) is 0 Å². The molecule has 0 radical (unpaired) electrons. The number of nitrogens with zero attached hydrogens (tertiary/aromatic N) is 3. The van der Waals surface area contributed by atoms with Gasteiger partial charge in [0.15, 0.2) is 5.69 Å². The van der Waals surface area contributed by atoms with Crippen LogP contribution in [-0.2, 0) is 4.74 Å². The molecule has 21 heavy (non-hydrogen) atoms. The van der Waals surface area contributed by atoms with Crippen LogP contribution < -0.4 is 5.32 Å². The molecule has 0 amide bonds. The first-order valence-electron chi connectivity index (χ1n) is 6.92. The molecule has 1 N–H and O–H groups in total. The van der Waals surface area contributed by atoms with Crippen molar-refractivity contribution in [2.24, 2.45) is 0 Å². The Kier molecular flexibility index (Phi) is 3.43. The van der Waals surface area contributed by atoms with Crippen LogP contribution in [-0.4, -0.2) is 33.5 Å². The van der Waals surface area contributed by atoms with Crippen LogP contribution in [0.4, 0.5) is 5.82 Å². The number of rotatable bonds is 4. The number of esters is 1. The molecule has 0 saturated heterocycles. The summed E-state index contributed by atoms with van der Waals surface area (Å²) in [5.74, 6) is 0.233. The van der Waals surface area contributed by atoms with Gasteiger partial charge in [-0.25, -0.2) is 14.8 Å². The molecule has 3 heterocycles. The van der Waals surface area contributed by atoms with Gasteiger partial charge < -0.3 is 14.5 Å². The van der Waals surface area contributed by atoms with E-state index in [1.165, 1.54) is 0 Å². The van der Waals surface area contributed by atoms with Crippen LogP contribution in [0.1, 0.15) is 24.3 Å². The first kappa shape index (κ1) is 13.4. The number of pyridine rings is 2. The molecule has 3 aromatic rings. The number of aromatic nitrogens is 3. The summed E-state index contributed by atoms with van der Waals surface area (Å²) in [4.78, 5) is 20.7. The van der Waals surface area contributed by atoms with E-state index in [0.29, 0.717) is 24.7 Å². The van der Waals surface area contributed by atoms with E-state index >= 15 is 0 Å². The van der Waals surface area contributed by atoms with Crippen LogP contribution in [0.3, 0.4) is 0 Å². The molecule has 0 unspecified atom stereocenters. The van der Waals surface area contributed by atoms with Crippen LogP contribution in [0.2, 0.25) is 0 Å². The summed E-state index contributed by atoms with van der Waals surface area (Å²) in [6, 6.07) is 3.68. The summed E-state index contributed by atoms with van der Waals surface area (Å²) in [7, 11) is 0. The van der Waals surface area contributed by atoms with Gasteiger partial charge in [0.25, 0.3) is 0 Å². The Hall–Kier alpha value is -2.63. The van der Waals surface area contributed by atoms with E-state index in [9.17, 15) is 4.79 Å². The van der Waals surface area contributed by atoms with Gasteiger partial charge in [-0.3, -0.25) is 0 Å². The van der Waals surface area contributed by atoms with E-state index in [1.54, 1.807) is 19.2 Å². The average molecular weight is 284 g/mol. The summed E-state index contributed by atoms with van der Waals surface area (Å²) in [6.45, 7) is 4.79. The molecule has 0 atom stereocenters. The molecule has 0 fully saturated rings. The zero-order chi connectivity index (χ0) is 14.8. The Bertz CT molecular complexity index is 810. The maximum Gasteiger partial charge on any atom is 0.357 e. The number of nitrogens with one attached hydrogen (secondary N) is 1. The van der Waals surface area contributed by atoms with Crippen molar-refractivity contribution >= 4 is 28.2 Å². The highest BCUT2D eigenvalue weighted by molar-refractivity contribution is 6.04. The zero-order valence-corrected chi connectivity index (χ0v) is 12.0. The van der Waals surface area contributed by atoms with E-state index in [2.05, 4.69) is 15.3 Å². The lowest BCUT2D eigenvalue weighted by Gasteiger charge is -2.10. The molecular weight excluding hydrogens is 268 g/mol. The van der Waals surface area contributed by atoms with Gasteiger partial charge in [0.1, 0.15) is 11.5 Å². The number of ether oxygens (including phenoxy) is 1. The van der Waals surface area contributed by atoms with Gasteiger partial charge in [0.05, 0.1) is 12.0 Å². The number of imidazole rings is 1. The van der Waals surface area contributed by atoms with Crippen LogP contribution in [0.5, 0.6) is 0 Å². The molecule has 0 saturated carbocycles. The minimum atomic E-state index is -0.415. The fourth-order valence-electron chi connectivity index (χ4n) is 2.32. The van der Waals surface area contributed by atoms with E-state index in [0.717, 1.165) is 16.4 Å². The van der Waals surface area contributed by atoms with Crippen LogP contribution in [0.15, 0.2) is 30.7 Å². The minimum absolute atomic E-state index is 0.302. The Morgan fingerprint density at radius 3 is 3.00 bits per heavy atom. The van der Waals surface area contributed by atoms with E-state index < -0.39 is 5.97 Å². The van der Waals surface area contributed by atoms with Gasteiger partial charge in [0, 0.05) is 25.1 Å². The molecule has 0 aliphatic heterocycles. The lowest BCUT2D eigenvalue weighted by molar-refractivity contribution is 0.0520. The summed E-state index contributed by atoms with van der Waals surface area (Å²) >= 11 is 0. The van der Waals surface area contributed by atoms with Crippen molar-refractivity contribution in [1.82, 2.24) is 14.4 Å². The highest BCUT2D eigenvalue weighted by Gasteiger charge is 2.15.